The van der Waals surface area contributed by atoms with E-state index in [9.17, 15) is 9.18 Å². The maximum atomic E-state index is 13.3. The van der Waals surface area contributed by atoms with Gasteiger partial charge in [-0.1, -0.05) is 5.21 Å². The molecular formula is C13H14FN5O2. The van der Waals surface area contributed by atoms with E-state index in [0.717, 1.165) is 13.1 Å². The molecule has 1 aliphatic heterocycles. The normalized spacial score (nSPS) is 14.6. The lowest BCUT2D eigenvalue weighted by atomic mass is 10.2. The van der Waals surface area contributed by atoms with Gasteiger partial charge in [0, 0.05) is 24.8 Å². The molecule has 8 heteroatoms. The van der Waals surface area contributed by atoms with E-state index in [0.29, 0.717) is 5.69 Å². The van der Waals surface area contributed by atoms with Crippen molar-refractivity contribution in [1.82, 2.24) is 20.3 Å². The molecule has 1 aromatic carbocycles. The van der Waals surface area contributed by atoms with E-state index in [2.05, 4.69) is 20.9 Å². The van der Waals surface area contributed by atoms with Crippen LogP contribution in [0.15, 0.2) is 24.4 Å². The molecule has 1 amide bonds. The van der Waals surface area contributed by atoms with Gasteiger partial charge in [-0.2, -0.15) is 0 Å². The molecule has 21 heavy (non-hydrogen) atoms. The Labute approximate surface area is 120 Å². The van der Waals surface area contributed by atoms with Crippen molar-refractivity contribution < 1.29 is 13.9 Å². The van der Waals surface area contributed by atoms with E-state index >= 15 is 0 Å². The lowest BCUT2D eigenvalue weighted by Gasteiger charge is -2.26. The summed E-state index contributed by atoms with van der Waals surface area (Å²) in [6.45, 7) is 1.64. The number of hydrogen-bond donors (Lipinski definition) is 2. The largest absolute Gasteiger partial charge is 0.494 e. The van der Waals surface area contributed by atoms with Gasteiger partial charge in [0.2, 0.25) is 0 Å². The number of nitrogens with one attached hydrogen (secondary N) is 2. The molecule has 0 unspecified atom stereocenters. The zero-order chi connectivity index (χ0) is 14.8. The fourth-order valence-corrected chi connectivity index (χ4v) is 1.95. The van der Waals surface area contributed by atoms with E-state index in [1.807, 2.05) is 0 Å². The average molecular weight is 291 g/mol. The predicted molar refractivity (Wildman–Crippen MR) is 72.8 cm³/mol. The summed E-state index contributed by atoms with van der Waals surface area (Å²) in [6, 6.07) is 4.33. The van der Waals surface area contributed by atoms with Crippen molar-refractivity contribution in [1.29, 1.82) is 0 Å². The third kappa shape index (κ3) is 2.70. The van der Waals surface area contributed by atoms with Crippen LogP contribution in [0.1, 0.15) is 16.5 Å². The van der Waals surface area contributed by atoms with Gasteiger partial charge in [-0.3, -0.25) is 4.79 Å². The number of benzene rings is 1. The van der Waals surface area contributed by atoms with Gasteiger partial charge in [0.15, 0.2) is 17.3 Å². The Morgan fingerprint density at radius 3 is 3.00 bits per heavy atom. The van der Waals surface area contributed by atoms with Gasteiger partial charge in [-0.05, 0) is 12.1 Å². The van der Waals surface area contributed by atoms with Crippen molar-refractivity contribution in [3.63, 3.8) is 0 Å². The van der Waals surface area contributed by atoms with Crippen molar-refractivity contribution in [3.05, 3.63) is 35.9 Å². The molecule has 0 saturated carbocycles. The van der Waals surface area contributed by atoms with Crippen LogP contribution in [-0.4, -0.2) is 41.1 Å². The van der Waals surface area contributed by atoms with Gasteiger partial charge in [-0.25, -0.2) is 9.07 Å². The van der Waals surface area contributed by atoms with E-state index in [1.165, 1.54) is 25.3 Å². The van der Waals surface area contributed by atoms with Crippen LogP contribution >= 0.6 is 0 Å². The average Bonchev–Trinajstić information content (AvgIpc) is 2.88. The Hall–Kier alpha value is -2.48. The standard InChI is InChI=1S/C13H14FN5O2/c1-21-12-4-8(2-3-10(12)14)16-13(20)11-7-19(18-17-11)9-5-15-6-9/h2-4,7,9,15H,5-6H2,1H3,(H,16,20). The second-order valence-corrected chi connectivity index (χ2v) is 4.70. The van der Waals surface area contributed by atoms with Crippen LogP contribution in [0.2, 0.25) is 0 Å². The quantitative estimate of drug-likeness (QED) is 0.871. The molecule has 2 N–H and O–H groups in total. The first-order chi connectivity index (χ1) is 10.2. The van der Waals surface area contributed by atoms with Crippen molar-refractivity contribution in [2.45, 2.75) is 6.04 Å². The van der Waals surface area contributed by atoms with E-state index in [4.69, 9.17) is 4.74 Å². The van der Waals surface area contributed by atoms with Crippen LogP contribution in [0, 0.1) is 5.82 Å². The number of carbonyl (C=O) groups excluding carboxylic acids is 1. The molecular weight excluding hydrogens is 277 g/mol. The Balaban J connectivity index is 1.72. The molecule has 0 bridgehead atoms. The van der Waals surface area contributed by atoms with Gasteiger partial charge in [-0.15, -0.1) is 5.10 Å². The zero-order valence-electron chi connectivity index (χ0n) is 11.3. The lowest BCUT2D eigenvalue weighted by Crippen LogP contribution is -2.43. The van der Waals surface area contributed by atoms with Gasteiger partial charge < -0.3 is 15.4 Å². The first kappa shape index (κ1) is 13.5. The second kappa shape index (κ2) is 5.49. The molecule has 110 valence electrons. The monoisotopic (exact) mass is 291 g/mol. The minimum absolute atomic E-state index is 0.0667. The Morgan fingerprint density at radius 1 is 1.52 bits per heavy atom. The summed E-state index contributed by atoms with van der Waals surface area (Å²) < 4.78 is 19.8. The highest BCUT2D eigenvalue weighted by Gasteiger charge is 2.21. The first-order valence-corrected chi connectivity index (χ1v) is 6.45. The highest BCUT2D eigenvalue weighted by Crippen LogP contribution is 2.21. The number of amides is 1. The third-order valence-electron chi connectivity index (χ3n) is 3.29. The Bertz CT molecular complexity index is 668. The van der Waals surface area contributed by atoms with Crippen LogP contribution in [-0.2, 0) is 0 Å². The number of nitrogens with zero attached hydrogens (tertiary/aromatic N) is 3. The molecule has 0 radical (unpaired) electrons. The van der Waals surface area contributed by atoms with Gasteiger partial charge in [0.1, 0.15) is 0 Å². The number of ether oxygens (including phenoxy) is 1. The molecule has 0 aliphatic carbocycles. The fourth-order valence-electron chi connectivity index (χ4n) is 1.95. The maximum Gasteiger partial charge on any atom is 0.277 e. The number of carbonyl (C=O) groups is 1. The number of methoxy groups -OCH3 is 1. The van der Waals surface area contributed by atoms with Gasteiger partial charge in [0.05, 0.1) is 19.3 Å². The summed E-state index contributed by atoms with van der Waals surface area (Å²) in [7, 11) is 1.36. The lowest BCUT2D eigenvalue weighted by molar-refractivity contribution is 0.102. The number of aromatic nitrogens is 3. The fraction of sp³-hybridized carbons (Fsp3) is 0.308. The molecule has 2 heterocycles. The SMILES string of the molecule is COc1cc(NC(=O)c2cn(C3CNC3)nn2)ccc1F. The molecule has 3 rings (SSSR count). The van der Waals surface area contributed by atoms with Gasteiger partial charge >= 0.3 is 0 Å². The summed E-state index contributed by atoms with van der Waals surface area (Å²) >= 11 is 0. The van der Waals surface area contributed by atoms with Gasteiger partial charge in [0.25, 0.3) is 5.91 Å². The summed E-state index contributed by atoms with van der Waals surface area (Å²) in [4.78, 5) is 12.1. The van der Waals surface area contributed by atoms with E-state index < -0.39 is 11.7 Å². The predicted octanol–water partition coefficient (Wildman–Crippen LogP) is 0.822. The smallest absolute Gasteiger partial charge is 0.277 e. The molecule has 1 fully saturated rings. The third-order valence-corrected chi connectivity index (χ3v) is 3.29. The van der Waals surface area contributed by atoms with Crippen LogP contribution in [0.5, 0.6) is 5.75 Å². The number of rotatable bonds is 4. The van der Waals surface area contributed by atoms with Crippen molar-refractivity contribution in [3.8, 4) is 5.75 Å². The summed E-state index contributed by atoms with van der Waals surface area (Å²) in [5, 5.41) is 13.5. The van der Waals surface area contributed by atoms with E-state index in [1.54, 1.807) is 10.9 Å². The second-order valence-electron chi connectivity index (χ2n) is 4.70. The summed E-state index contributed by atoms with van der Waals surface area (Å²) in [6.07, 6.45) is 1.60. The molecule has 1 aromatic heterocycles. The first-order valence-electron chi connectivity index (χ1n) is 6.45. The number of anilines is 1. The summed E-state index contributed by atoms with van der Waals surface area (Å²) in [5.41, 5.74) is 0.642. The van der Waals surface area contributed by atoms with Crippen LogP contribution in [0.3, 0.4) is 0 Å². The van der Waals surface area contributed by atoms with Crippen molar-refractivity contribution in [2.75, 3.05) is 25.5 Å². The van der Waals surface area contributed by atoms with Crippen LogP contribution in [0.25, 0.3) is 0 Å². The highest BCUT2D eigenvalue weighted by molar-refractivity contribution is 6.02. The van der Waals surface area contributed by atoms with Crippen molar-refractivity contribution >= 4 is 11.6 Å². The zero-order valence-corrected chi connectivity index (χ0v) is 11.3. The van der Waals surface area contributed by atoms with Crippen LogP contribution < -0.4 is 15.4 Å². The Morgan fingerprint density at radius 2 is 2.33 bits per heavy atom. The van der Waals surface area contributed by atoms with Crippen LogP contribution in [0.4, 0.5) is 10.1 Å². The summed E-state index contributed by atoms with van der Waals surface area (Å²) in [5.74, 6) is -0.821. The molecule has 0 atom stereocenters. The van der Waals surface area contributed by atoms with E-state index in [-0.39, 0.29) is 17.5 Å². The molecule has 0 spiro atoms. The maximum absolute atomic E-state index is 13.3. The number of halogens is 1. The van der Waals surface area contributed by atoms with Crippen molar-refractivity contribution in [2.24, 2.45) is 0 Å². The highest BCUT2D eigenvalue weighted by atomic mass is 19.1. The molecule has 7 nitrogen and oxygen atoms in total. The molecule has 1 saturated heterocycles. The molecule has 2 aromatic rings. The topological polar surface area (TPSA) is 81.1 Å². The number of hydrogen-bond acceptors (Lipinski definition) is 5. The minimum atomic E-state index is -0.487. The minimum Gasteiger partial charge on any atom is -0.494 e. The molecule has 1 aliphatic rings. The Kier molecular flexibility index (Phi) is 3.53.